The lowest BCUT2D eigenvalue weighted by atomic mass is 10.0. The summed E-state index contributed by atoms with van der Waals surface area (Å²) < 4.78 is 7.22. The second-order valence-electron chi connectivity index (χ2n) is 5.15. The average molecular weight is 410 g/mol. The van der Waals surface area contributed by atoms with E-state index < -0.39 is 0 Å². The molecule has 0 bridgehead atoms. The third kappa shape index (κ3) is 2.69. The number of carbonyl (C=O) groups is 1. The SMILES string of the molecule is CCOC(=O)CN1C(C)=[N+](C)c2cccc3cccc1c23.[I-]. The van der Waals surface area contributed by atoms with Crippen molar-refractivity contribution in [1.29, 1.82) is 0 Å². The minimum absolute atomic E-state index is 0. The van der Waals surface area contributed by atoms with Gasteiger partial charge in [0.05, 0.1) is 19.0 Å². The smallest absolute Gasteiger partial charge is 0.348 e. The fourth-order valence-electron chi connectivity index (χ4n) is 2.87. The van der Waals surface area contributed by atoms with Crippen LogP contribution in [0.5, 0.6) is 0 Å². The van der Waals surface area contributed by atoms with Crippen LogP contribution in [0.2, 0.25) is 0 Å². The molecule has 1 heterocycles. The molecule has 0 N–H and O–H groups in total. The second kappa shape index (κ2) is 6.64. The Kier molecular flexibility index (Phi) is 5.05. The molecule has 116 valence electrons. The number of anilines is 1. The fraction of sp³-hybridized carbons (Fsp3) is 0.294. The molecule has 0 atom stereocenters. The Morgan fingerprint density at radius 3 is 2.59 bits per heavy atom. The van der Waals surface area contributed by atoms with Gasteiger partial charge in [-0.2, -0.15) is 0 Å². The van der Waals surface area contributed by atoms with Crippen LogP contribution in [-0.2, 0) is 9.53 Å². The van der Waals surface area contributed by atoms with Gasteiger partial charge < -0.3 is 28.7 Å². The molecule has 1 aliphatic heterocycles. The Balaban J connectivity index is 0.00000176. The van der Waals surface area contributed by atoms with Crippen molar-refractivity contribution >= 4 is 34.0 Å². The maximum absolute atomic E-state index is 11.9. The van der Waals surface area contributed by atoms with Crippen molar-refractivity contribution in [1.82, 2.24) is 0 Å². The maximum Gasteiger partial charge on any atom is 0.348 e. The molecular formula is C17H19IN2O2. The number of hydrogen-bond acceptors (Lipinski definition) is 3. The molecule has 0 saturated carbocycles. The summed E-state index contributed by atoms with van der Waals surface area (Å²) in [5, 5.41) is 2.36. The van der Waals surface area contributed by atoms with Crippen LogP contribution in [0.3, 0.4) is 0 Å². The van der Waals surface area contributed by atoms with Gasteiger partial charge in [-0.25, -0.2) is 14.3 Å². The number of rotatable bonds is 3. The van der Waals surface area contributed by atoms with Crippen LogP contribution in [0.25, 0.3) is 10.8 Å². The van der Waals surface area contributed by atoms with E-state index in [4.69, 9.17) is 4.74 Å². The summed E-state index contributed by atoms with van der Waals surface area (Å²) in [6.45, 7) is 4.49. The number of esters is 1. The molecule has 0 saturated heterocycles. The minimum atomic E-state index is -0.207. The molecule has 0 radical (unpaired) electrons. The first-order valence-electron chi connectivity index (χ1n) is 7.15. The molecule has 0 fully saturated rings. The van der Waals surface area contributed by atoms with Gasteiger partial charge in [0.25, 0.3) is 5.84 Å². The normalized spacial score (nSPS) is 13.1. The van der Waals surface area contributed by atoms with Gasteiger partial charge in [0.2, 0.25) is 0 Å². The summed E-state index contributed by atoms with van der Waals surface area (Å²) in [5.74, 6) is 0.816. The number of benzene rings is 2. The van der Waals surface area contributed by atoms with E-state index in [1.165, 1.54) is 16.5 Å². The van der Waals surface area contributed by atoms with E-state index in [9.17, 15) is 4.79 Å². The van der Waals surface area contributed by atoms with Gasteiger partial charge in [0, 0.05) is 6.92 Å². The standard InChI is InChI=1S/C17H19N2O2.HI/c1-4-21-16(20)11-19-12(2)18(3)14-9-5-7-13-8-6-10-15(19)17(13)14;/h5-10H,4,11H2,1-3H3;1H/q+1;/p-1. The molecule has 2 aromatic carbocycles. The fourth-order valence-corrected chi connectivity index (χ4v) is 2.87. The monoisotopic (exact) mass is 410 g/mol. The molecule has 22 heavy (non-hydrogen) atoms. The van der Waals surface area contributed by atoms with Gasteiger partial charge in [-0.05, 0) is 24.4 Å². The molecule has 0 aliphatic carbocycles. The molecule has 0 spiro atoms. The molecule has 0 unspecified atom stereocenters. The van der Waals surface area contributed by atoms with Crippen molar-refractivity contribution < 1.29 is 38.1 Å². The van der Waals surface area contributed by atoms with Crippen LogP contribution in [0, 0.1) is 0 Å². The van der Waals surface area contributed by atoms with E-state index in [0.29, 0.717) is 6.61 Å². The van der Waals surface area contributed by atoms with Gasteiger partial charge in [-0.3, -0.25) is 0 Å². The average Bonchev–Trinajstić information content (AvgIpc) is 2.49. The van der Waals surface area contributed by atoms with E-state index in [1.54, 1.807) is 0 Å². The molecule has 0 amide bonds. The number of hydrogen-bond donors (Lipinski definition) is 0. The summed E-state index contributed by atoms with van der Waals surface area (Å²) in [7, 11) is 2.03. The predicted molar refractivity (Wildman–Crippen MR) is 84.5 cm³/mol. The van der Waals surface area contributed by atoms with Gasteiger partial charge in [-0.15, -0.1) is 0 Å². The number of amidine groups is 1. The lowest BCUT2D eigenvalue weighted by Crippen LogP contribution is -3.00. The molecule has 1 aliphatic rings. The molecule has 2 aromatic rings. The van der Waals surface area contributed by atoms with Crippen LogP contribution >= 0.6 is 0 Å². The lowest BCUT2D eigenvalue weighted by Gasteiger charge is -2.25. The summed E-state index contributed by atoms with van der Waals surface area (Å²) in [4.78, 5) is 13.9. The zero-order chi connectivity index (χ0) is 15.0. The van der Waals surface area contributed by atoms with Crippen molar-refractivity contribution in [2.24, 2.45) is 0 Å². The van der Waals surface area contributed by atoms with E-state index in [0.717, 1.165) is 11.5 Å². The summed E-state index contributed by atoms with van der Waals surface area (Å²) in [6.07, 6.45) is 0. The van der Waals surface area contributed by atoms with Crippen LogP contribution < -0.4 is 28.9 Å². The summed E-state index contributed by atoms with van der Waals surface area (Å²) >= 11 is 0. The summed E-state index contributed by atoms with van der Waals surface area (Å²) in [6, 6.07) is 12.4. The molecular weight excluding hydrogens is 391 g/mol. The van der Waals surface area contributed by atoms with Crippen LogP contribution in [0.1, 0.15) is 13.8 Å². The zero-order valence-electron chi connectivity index (χ0n) is 13.0. The highest BCUT2D eigenvalue weighted by molar-refractivity contribution is 6.11. The molecule has 0 aromatic heterocycles. The number of ether oxygens (including phenoxy) is 1. The minimum Gasteiger partial charge on any atom is -1.00 e. The topological polar surface area (TPSA) is 32.5 Å². The number of nitrogens with zero attached hydrogens (tertiary/aromatic N) is 2. The van der Waals surface area contributed by atoms with E-state index in [-0.39, 0.29) is 36.5 Å². The second-order valence-corrected chi connectivity index (χ2v) is 5.15. The van der Waals surface area contributed by atoms with Crippen molar-refractivity contribution in [3.63, 3.8) is 0 Å². The first-order valence-corrected chi connectivity index (χ1v) is 7.15. The van der Waals surface area contributed by atoms with Gasteiger partial charge >= 0.3 is 5.97 Å². The Labute approximate surface area is 147 Å². The highest BCUT2D eigenvalue weighted by Gasteiger charge is 2.31. The van der Waals surface area contributed by atoms with Crippen molar-refractivity contribution in [3.05, 3.63) is 36.4 Å². The first kappa shape index (κ1) is 16.7. The molecule has 5 heteroatoms. The highest BCUT2D eigenvalue weighted by Crippen LogP contribution is 2.37. The molecule has 4 nitrogen and oxygen atoms in total. The number of halogens is 1. The third-order valence-electron chi connectivity index (χ3n) is 3.98. The van der Waals surface area contributed by atoms with Crippen molar-refractivity contribution in [3.8, 4) is 0 Å². The quantitative estimate of drug-likeness (QED) is 0.403. The first-order chi connectivity index (χ1) is 10.1. The predicted octanol–water partition coefficient (Wildman–Crippen LogP) is -0.0809. The summed E-state index contributed by atoms with van der Waals surface area (Å²) in [5.41, 5.74) is 2.23. The van der Waals surface area contributed by atoms with Crippen molar-refractivity contribution in [2.75, 3.05) is 25.1 Å². The number of carbonyl (C=O) groups excluding carboxylic acids is 1. The van der Waals surface area contributed by atoms with Crippen LogP contribution in [-0.4, -0.2) is 36.6 Å². The Morgan fingerprint density at radius 1 is 1.23 bits per heavy atom. The zero-order valence-corrected chi connectivity index (χ0v) is 15.1. The van der Waals surface area contributed by atoms with Crippen LogP contribution in [0.15, 0.2) is 36.4 Å². The van der Waals surface area contributed by atoms with Crippen molar-refractivity contribution in [2.45, 2.75) is 13.8 Å². The third-order valence-corrected chi connectivity index (χ3v) is 3.98. The lowest BCUT2D eigenvalue weighted by molar-refractivity contribution is -0.405. The highest BCUT2D eigenvalue weighted by atomic mass is 127. The van der Waals surface area contributed by atoms with E-state index >= 15 is 0 Å². The maximum atomic E-state index is 11.9. The van der Waals surface area contributed by atoms with Gasteiger partial charge in [0.15, 0.2) is 6.54 Å². The Morgan fingerprint density at radius 2 is 1.91 bits per heavy atom. The molecule has 3 rings (SSSR count). The van der Waals surface area contributed by atoms with Crippen LogP contribution in [0.4, 0.5) is 11.4 Å². The Bertz CT molecular complexity index is 750. The van der Waals surface area contributed by atoms with Gasteiger partial charge in [-0.1, -0.05) is 24.3 Å². The van der Waals surface area contributed by atoms with E-state index in [1.807, 2.05) is 31.9 Å². The largest absolute Gasteiger partial charge is 1.00 e. The van der Waals surface area contributed by atoms with Gasteiger partial charge in [0.1, 0.15) is 11.4 Å². The van der Waals surface area contributed by atoms with E-state index in [2.05, 4.69) is 34.9 Å². The Hall–Kier alpha value is -1.63.